The van der Waals surface area contributed by atoms with Gasteiger partial charge in [-0.25, -0.2) is 4.98 Å². The number of hydrogen-bond donors (Lipinski definition) is 2. The lowest BCUT2D eigenvalue weighted by Crippen LogP contribution is -2.08. The maximum Gasteiger partial charge on any atom is 0.306 e. The molecule has 1 aromatic carbocycles. The number of benzene rings is 1. The number of pyridine rings is 1. The minimum Gasteiger partial charge on any atom is -0.297 e. The molecule has 0 saturated heterocycles. The highest BCUT2D eigenvalue weighted by Gasteiger charge is 2.21. The third-order valence-corrected chi connectivity index (χ3v) is 5.29. The van der Waals surface area contributed by atoms with Gasteiger partial charge in [0.25, 0.3) is 5.56 Å². The molecule has 0 spiro atoms. The number of nitrogens with one attached hydrogen (secondary N) is 2. The minimum atomic E-state index is -0.202. The van der Waals surface area contributed by atoms with E-state index < -0.39 is 0 Å². The van der Waals surface area contributed by atoms with Crippen molar-refractivity contribution < 1.29 is 0 Å². The van der Waals surface area contributed by atoms with Crippen LogP contribution in [0, 0.1) is 0 Å². The van der Waals surface area contributed by atoms with Gasteiger partial charge in [-0.3, -0.25) is 24.4 Å². The van der Waals surface area contributed by atoms with Crippen molar-refractivity contribution >= 4 is 48.6 Å². The summed E-state index contributed by atoms with van der Waals surface area (Å²) >= 11 is 4.49. The standard InChI is InChI=1S/C16H13BrN4O2S/c1-7(2)21-14-11(15(22)20-21)10(8-3-5-9(17)6-4-8)12-13(18-14)19-16(23)24-12/h3-7H,1-2H3,(H,20,22)(H,18,19,23). The predicted octanol–water partition coefficient (Wildman–Crippen LogP) is 3.64. The molecule has 8 heteroatoms. The molecule has 0 saturated carbocycles. The number of halogens is 1. The minimum absolute atomic E-state index is 0.0447. The molecular weight excluding hydrogens is 392 g/mol. The summed E-state index contributed by atoms with van der Waals surface area (Å²) in [6.07, 6.45) is 0. The summed E-state index contributed by atoms with van der Waals surface area (Å²) in [6.45, 7) is 3.94. The molecule has 3 aromatic heterocycles. The second kappa shape index (κ2) is 5.42. The molecule has 6 nitrogen and oxygen atoms in total. The second-order valence-corrected chi connectivity index (χ2v) is 7.69. The molecule has 0 bridgehead atoms. The van der Waals surface area contributed by atoms with Crippen molar-refractivity contribution in [3.63, 3.8) is 0 Å². The van der Waals surface area contributed by atoms with Crippen LogP contribution in [0.1, 0.15) is 19.9 Å². The summed E-state index contributed by atoms with van der Waals surface area (Å²) in [4.78, 5) is 31.6. The highest BCUT2D eigenvalue weighted by atomic mass is 79.9. The van der Waals surface area contributed by atoms with Gasteiger partial charge in [0, 0.05) is 16.1 Å². The van der Waals surface area contributed by atoms with Gasteiger partial charge in [-0.15, -0.1) is 0 Å². The summed E-state index contributed by atoms with van der Waals surface area (Å²) in [7, 11) is 0. The van der Waals surface area contributed by atoms with Crippen molar-refractivity contribution in [3.05, 3.63) is 48.8 Å². The number of aromatic amines is 2. The quantitative estimate of drug-likeness (QED) is 0.534. The van der Waals surface area contributed by atoms with Crippen molar-refractivity contribution in [2.24, 2.45) is 0 Å². The van der Waals surface area contributed by atoms with Gasteiger partial charge in [0.2, 0.25) is 0 Å². The zero-order valence-electron chi connectivity index (χ0n) is 12.9. The molecule has 0 amide bonds. The number of nitrogens with zero attached hydrogens (tertiary/aromatic N) is 2. The zero-order valence-corrected chi connectivity index (χ0v) is 15.3. The first-order valence-electron chi connectivity index (χ1n) is 7.38. The maximum atomic E-state index is 12.6. The van der Waals surface area contributed by atoms with Gasteiger partial charge in [-0.05, 0) is 31.5 Å². The van der Waals surface area contributed by atoms with E-state index in [1.54, 1.807) is 4.68 Å². The molecule has 0 aliphatic heterocycles. The molecule has 0 unspecified atom stereocenters. The van der Waals surface area contributed by atoms with Gasteiger partial charge in [0.05, 0.1) is 10.1 Å². The van der Waals surface area contributed by atoms with Crippen LogP contribution in [0.25, 0.3) is 32.5 Å². The number of hydrogen-bond acceptors (Lipinski definition) is 4. The molecule has 0 radical (unpaired) electrons. The first-order chi connectivity index (χ1) is 11.5. The Balaban J connectivity index is 2.24. The molecule has 0 aliphatic carbocycles. The normalized spacial score (nSPS) is 11.8. The molecule has 0 fully saturated rings. The Morgan fingerprint density at radius 3 is 2.58 bits per heavy atom. The zero-order chi connectivity index (χ0) is 17.0. The fourth-order valence-electron chi connectivity index (χ4n) is 2.83. The van der Waals surface area contributed by atoms with Crippen LogP contribution in [-0.2, 0) is 0 Å². The molecule has 0 atom stereocenters. The maximum absolute atomic E-state index is 12.6. The van der Waals surface area contributed by atoms with Crippen molar-refractivity contribution in [2.45, 2.75) is 19.9 Å². The van der Waals surface area contributed by atoms with E-state index >= 15 is 0 Å². The summed E-state index contributed by atoms with van der Waals surface area (Å²) in [6, 6.07) is 7.72. The Hall–Kier alpha value is -2.19. The van der Waals surface area contributed by atoms with Crippen LogP contribution in [0.3, 0.4) is 0 Å². The Morgan fingerprint density at radius 1 is 1.21 bits per heavy atom. The number of aromatic nitrogens is 4. The predicted molar refractivity (Wildman–Crippen MR) is 99.9 cm³/mol. The molecule has 3 heterocycles. The van der Waals surface area contributed by atoms with Crippen LogP contribution < -0.4 is 10.4 Å². The van der Waals surface area contributed by atoms with Gasteiger partial charge < -0.3 is 0 Å². The van der Waals surface area contributed by atoms with Gasteiger partial charge in [0.15, 0.2) is 11.3 Å². The van der Waals surface area contributed by atoms with Gasteiger partial charge in [0.1, 0.15) is 0 Å². The Morgan fingerprint density at radius 2 is 1.92 bits per heavy atom. The third-order valence-electron chi connectivity index (χ3n) is 3.88. The van der Waals surface area contributed by atoms with Crippen LogP contribution in [0.2, 0.25) is 0 Å². The van der Waals surface area contributed by atoms with E-state index in [9.17, 15) is 9.59 Å². The number of thiazole rings is 1. The molecule has 2 N–H and O–H groups in total. The average molecular weight is 405 g/mol. The van der Waals surface area contributed by atoms with E-state index in [1.165, 1.54) is 0 Å². The smallest absolute Gasteiger partial charge is 0.297 e. The van der Waals surface area contributed by atoms with Crippen molar-refractivity contribution in [3.8, 4) is 11.1 Å². The highest BCUT2D eigenvalue weighted by Crippen LogP contribution is 2.35. The van der Waals surface area contributed by atoms with Crippen LogP contribution in [0.15, 0.2) is 38.3 Å². The summed E-state index contributed by atoms with van der Waals surface area (Å²) in [5, 5.41) is 3.36. The van der Waals surface area contributed by atoms with Gasteiger partial charge in [-0.2, -0.15) is 0 Å². The number of fused-ring (bicyclic) bond motifs is 2. The van der Waals surface area contributed by atoms with Crippen molar-refractivity contribution in [1.29, 1.82) is 0 Å². The van der Waals surface area contributed by atoms with E-state index in [2.05, 4.69) is 31.0 Å². The second-order valence-electron chi connectivity index (χ2n) is 5.79. The Kier molecular flexibility index (Phi) is 3.47. The molecular formula is C16H13BrN4O2S. The molecule has 4 aromatic rings. The summed E-state index contributed by atoms with van der Waals surface area (Å²) in [5.41, 5.74) is 2.47. The SMILES string of the molecule is CC(C)n1[nH]c(=O)c2c(-c3ccc(Br)cc3)c3sc(=O)[nH]c3nc21. The molecule has 24 heavy (non-hydrogen) atoms. The average Bonchev–Trinajstić information content (AvgIpc) is 3.06. The van der Waals surface area contributed by atoms with E-state index in [-0.39, 0.29) is 16.5 Å². The topological polar surface area (TPSA) is 83.5 Å². The van der Waals surface area contributed by atoms with Crippen molar-refractivity contribution in [1.82, 2.24) is 19.7 Å². The van der Waals surface area contributed by atoms with Crippen LogP contribution in [-0.4, -0.2) is 19.7 Å². The van der Waals surface area contributed by atoms with Crippen molar-refractivity contribution in [2.75, 3.05) is 0 Å². The van der Waals surface area contributed by atoms with Crippen LogP contribution in [0.5, 0.6) is 0 Å². The van der Waals surface area contributed by atoms with Crippen LogP contribution >= 0.6 is 27.3 Å². The fraction of sp³-hybridized carbons (Fsp3) is 0.188. The monoisotopic (exact) mass is 404 g/mol. The largest absolute Gasteiger partial charge is 0.306 e. The summed E-state index contributed by atoms with van der Waals surface area (Å²) < 4.78 is 3.38. The molecule has 122 valence electrons. The first kappa shape index (κ1) is 15.3. The lowest BCUT2D eigenvalue weighted by Gasteiger charge is -2.09. The lowest BCUT2D eigenvalue weighted by atomic mass is 10.0. The van der Waals surface area contributed by atoms with Gasteiger partial charge >= 0.3 is 4.87 Å². The number of H-pyrrole nitrogens is 2. The van der Waals surface area contributed by atoms with Gasteiger partial charge in [-0.1, -0.05) is 39.4 Å². The third kappa shape index (κ3) is 2.25. The fourth-order valence-corrected chi connectivity index (χ4v) is 3.94. The lowest BCUT2D eigenvalue weighted by molar-refractivity contribution is 0.542. The molecule has 4 rings (SSSR count). The Labute approximate surface area is 148 Å². The highest BCUT2D eigenvalue weighted by molar-refractivity contribution is 9.10. The molecule has 0 aliphatic rings. The summed E-state index contributed by atoms with van der Waals surface area (Å²) in [5.74, 6) is 0. The number of rotatable bonds is 2. The van der Waals surface area contributed by atoms with E-state index in [0.717, 1.165) is 26.9 Å². The van der Waals surface area contributed by atoms with E-state index in [0.29, 0.717) is 21.4 Å². The van der Waals surface area contributed by atoms with Crippen LogP contribution in [0.4, 0.5) is 0 Å². The Bertz CT molecular complexity index is 1180. The first-order valence-corrected chi connectivity index (χ1v) is 8.99. The van der Waals surface area contributed by atoms with E-state index in [1.807, 2.05) is 38.1 Å². The van der Waals surface area contributed by atoms with E-state index in [4.69, 9.17) is 0 Å².